The number of esters is 1. The largest absolute Gasteiger partial charge is 0.457 e. The molecule has 0 bridgehead atoms. The molecule has 2 atom stereocenters. The Balaban J connectivity index is 2.30. The van der Waals surface area contributed by atoms with E-state index in [0.717, 1.165) is 6.42 Å². The maximum atomic E-state index is 11.8. The molecule has 1 aliphatic carbocycles. The van der Waals surface area contributed by atoms with E-state index in [1.807, 2.05) is 6.07 Å². The van der Waals surface area contributed by atoms with Crippen molar-refractivity contribution in [1.82, 2.24) is 5.06 Å². The predicted octanol–water partition coefficient (Wildman–Crippen LogP) is 5.71. The quantitative estimate of drug-likeness (QED) is 0.217. The van der Waals surface area contributed by atoms with E-state index in [1.165, 1.54) is 44.6 Å². The first-order valence-corrected chi connectivity index (χ1v) is 14.0. The van der Waals surface area contributed by atoms with Gasteiger partial charge in [-0.1, -0.05) is 69.0 Å². The van der Waals surface area contributed by atoms with E-state index in [-0.39, 0.29) is 18.1 Å². The average molecular weight is 404 g/mol. The van der Waals surface area contributed by atoms with Crippen molar-refractivity contribution in [1.29, 1.82) is 0 Å². The first kappa shape index (κ1) is 22.9. The Hall–Kier alpha value is -1.43. The van der Waals surface area contributed by atoms with Gasteiger partial charge in [0.15, 0.2) is 0 Å². The van der Waals surface area contributed by atoms with Crippen molar-refractivity contribution in [2.45, 2.75) is 83.8 Å². The van der Waals surface area contributed by atoms with Gasteiger partial charge in [0.2, 0.25) is 8.32 Å². The third kappa shape index (κ3) is 7.90. The Labute approximate surface area is 172 Å². The number of carbonyl (C=O) groups excluding carboxylic acids is 1. The van der Waals surface area contributed by atoms with E-state index in [2.05, 4.69) is 55.5 Å². The minimum atomic E-state index is -1.85. The van der Waals surface area contributed by atoms with Crippen LogP contribution in [0.25, 0.3) is 0 Å². The van der Waals surface area contributed by atoms with Crippen LogP contribution in [0.5, 0.6) is 0 Å². The Morgan fingerprint density at radius 2 is 1.86 bits per heavy atom. The Morgan fingerprint density at radius 1 is 1.21 bits per heavy atom. The lowest BCUT2D eigenvalue weighted by molar-refractivity contribution is -0.167. The summed E-state index contributed by atoms with van der Waals surface area (Å²) in [5.74, 6) is 0.367. The van der Waals surface area contributed by atoms with Crippen molar-refractivity contribution in [3.8, 4) is 0 Å². The molecule has 1 aromatic rings. The Bertz CT molecular complexity index is 608. The summed E-state index contributed by atoms with van der Waals surface area (Å²) < 4.78 is 12.2. The van der Waals surface area contributed by atoms with Crippen molar-refractivity contribution in [3.63, 3.8) is 0 Å². The zero-order chi connectivity index (χ0) is 20.6. The van der Waals surface area contributed by atoms with Crippen LogP contribution in [0, 0.1) is 5.92 Å². The molecule has 0 spiro atoms. The van der Waals surface area contributed by atoms with Crippen LogP contribution in [-0.4, -0.2) is 31.5 Å². The molecule has 0 N–H and O–H groups in total. The summed E-state index contributed by atoms with van der Waals surface area (Å²) in [4.78, 5) is 11.8. The highest BCUT2D eigenvalue weighted by Crippen LogP contribution is 2.32. The van der Waals surface area contributed by atoms with E-state index < -0.39 is 8.32 Å². The van der Waals surface area contributed by atoms with E-state index in [9.17, 15) is 4.79 Å². The number of benzene rings is 1. The fourth-order valence-electron chi connectivity index (χ4n) is 3.99. The van der Waals surface area contributed by atoms with E-state index in [1.54, 1.807) is 6.08 Å². The number of hydrogen-bond donors (Lipinski definition) is 0. The molecule has 0 aliphatic heterocycles. The van der Waals surface area contributed by atoms with Crippen molar-refractivity contribution in [2.24, 2.45) is 5.92 Å². The number of ether oxygens (including phenoxy) is 1. The maximum absolute atomic E-state index is 11.8. The number of rotatable bonds is 10. The molecule has 28 heavy (non-hydrogen) atoms. The lowest BCUT2D eigenvalue weighted by atomic mass is 9.83. The third-order valence-electron chi connectivity index (χ3n) is 5.16. The topological polar surface area (TPSA) is 38.8 Å². The van der Waals surface area contributed by atoms with Crippen molar-refractivity contribution in [3.05, 3.63) is 48.6 Å². The maximum Gasteiger partial charge on any atom is 0.303 e. The van der Waals surface area contributed by atoms with Gasteiger partial charge in [0.05, 0.1) is 6.04 Å². The van der Waals surface area contributed by atoms with Gasteiger partial charge in [0.25, 0.3) is 0 Å². The van der Waals surface area contributed by atoms with Gasteiger partial charge < -0.3 is 9.26 Å². The molecule has 0 saturated heterocycles. The highest BCUT2D eigenvalue weighted by atomic mass is 28.4. The average Bonchev–Trinajstić information content (AvgIpc) is 2.64. The molecule has 5 heteroatoms. The number of nitrogens with zero attached hydrogens (tertiary/aromatic N) is 1. The monoisotopic (exact) mass is 403 g/mol. The molecule has 1 aromatic carbocycles. The molecule has 1 fully saturated rings. The molecule has 156 valence electrons. The Morgan fingerprint density at radius 3 is 2.39 bits per heavy atom. The lowest BCUT2D eigenvalue weighted by Crippen LogP contribution is -2.49. The summed E-state index contributed by atoms with van der Waals surface area (Å²) in [7, 11) is -1.85. The van der Waals surface area contributed by atoms with Gasteiger partial charge in [-0.25, -0.2) is 0 Å². The molecule has 2 rings (SSSR count). The predicted molar refractivity (Wildman–Crippen MR) is 117 cm³/mol. The van der Waals surface area contributed by atoms with Gasteiger partial charge >= 0.3 is 5.97 Å². The van der Waals surface area contributed by atoms with Crippen LogP contribution in [0.15, 0.2) is 43.0 Å². The van der Waals surface area contributed by atoms with Crippen molar-refractivity contribution < 1.29 is 14.1 Å². The van der Waals surface area contributed by atoms with E-state index in [0.29, 0.717) is 12.5 Å². The van der Waals surface area contributed by atoms with Gasteiger partial charge in [-0.15, -0.1) is 0 Å². The van der Waals surface area contributed by atoms with Crippen LogP contribution in [0.4, 0.5) is 0 Å². The van der Waals surface area contributed by atoms with Gasteiger partial charge in [-0.3, -0.25) is 4.79 Å². The smallest absolute Gasteiger partial charge is 0.303 e. The summed E-state index contributed by atoms with van der Waals surface area (Å²) in [6.45, 7) is 12.7. The van der Waals surface area contributed by atoms with Gasteiger partial charge in [0, 0.05) is 13.5 Å². The summed E-state index contributed by atoms with van der Waals surface area (Å²) in [5, 5.41) is 2.09. The SMILES string of the molecule is C=C[C@@H](OC(C)=O)[C@H](CC1CCCCC1)N(Cc1ccccc1)O[Si](C)(C)C. The van der Waals surface area contributed by atoms with Crippen molar-refractivity contribution >= 4 is 14.3 Å². The van der Waals surface area contributed by atoms with Crippen molar-refractivity contribution in [2.75, 3.05) is 0 Å². The molecular weight excluding hydrogens is 366 g/mol. The molecule has 1 aliphatic rings. The standard InChI is InChI=1S/C23H37NO3Si/c1-6-23(26-19(2)25)22(17-20-13-9-7-10-14-20)24(27-28(3,4)5)18-21-15-11-8-12-16-21/h6,8,11-12,15-16,20,22-23H,1,7,9-10,13-14,17-18H2,2-5H3/t22-,23+/m0/s1. The molecule has 4 nitrogen and oxygen atoms in total. The number of hydroxylamine groups is 2. The number of hydrogen-bond acceptors (Lipinski definition) is 4. The van der Waals surface area contributed by atoms with Gasteiger partial charge in [-0.05, 0) is 43.6 Å². The van der Waals surface area contributed by atoms with Crippen LogP contribution in [0.3, 0.4) is 0 Å². The highest BCUT2D eigenvalue weighted by molar-refractivity contribution is 6.69. The fraction of sp³-hybridized carbons (Fsp3) is 0.609. The van der Waals surface area contributed by atoms with E-state index >= 15 is 0 Å². The van der Waals surface area contributed by atoms with E-state index in [4.69, 9.17) is 9.26 Å². The summed E-state index contributed by atoms with van der Waals surface area (Å²) in [6, 6.07) is 10.3. The third-order valence-corrected chi connectivity index (χ3v) is 5.94. The summed E-state index contributed by atoms with van der Waals surface area (Å²) in [5.41, 5.74) is 1.19. The van der Waals surface area contributed by atoms with Gasteiger partial charge in [0.1, 0.15) is 6.10 Å². The first-order valence-electron chi connectivity index (χ1n) is 10.6. The minimum absolute atomic E-state index is 0.0311. The Kier molecular flexibility index (Phi) is 8.92. The van der Waals surface area contributed by atoms with Crippen LogP contribution >= 0.6 is 0 Å². The summed E-state index contributed by atoms with van der Waals surface area (Å²) in [6.07, 6.45) is 8.74. The first-order chi connectivity index (χ1) is 13.3. The molecular formula is C23H37NO3Si. The second kappa shape index (κ2) is 10.9. The molecule has 0 unspecified atom stereocenters. The molecule has 0 heterocycles. The molecule has 0 aromatic heterocycles. The van der Waals surface area contributed by atoms with Gasteiger partial charge in [-0.2, -0.15) is 5.06 Å². The lowest BCUT2D eigenvalue weighted by Gasteiger charge is -2.40. The normalized spacial score (nSPS) is 17.9. The zero-order valence-corrected chi connectivity index (χ0v) is 19.0. The molecule has 1 saturated carbocycles. The fourth-order valence-corrected chi connectivity index (χ4v) is 4.89. The van der Waals surface area contributed by atoms with Crippen LogP contribution in [0.1, 0.15) is 51.0 Å². The highest BCUT2D eigenvalue weighted by Gasteiger charge is 2.34. The van der Waals surface area contributed by atoms with Crippen LogP contribution in [0.2, 0.25) is 19.6 Å². The minimum Gasteiger partial charge on any atom is -0.457 e. The van der Waals surface area contributed by atoms with Crippen LogP contribution in [-0.2, 0) is 20.6 Å². The molecule has 0 radical (unpaired) electrons. The summed E-state index contributed by atoms with van der Waals surface area (Å²) >= 11 is 0. The zero-order valence-electron chi connectivity index (χ0n) is 18.0. The number of carbonyl (C=O) groups is 1. The van der Waals surface area contributed by atoms with Crippen LogP contribution < -0.4 is 0 Å². The molecule has 0 amide bonds. The second-order valence-electron chi connectivity index (χ2n) is 8.88. The second-order valence-corrected chi connectivity index (χ2v) is 13.3.